The maximum atomic E-state index is 12.3. The molecule has 0 spiro atoms. The summed E-state index contributed by atoms with van der Waals surface area (Å²) in [5.74, 6) is 0.594. The van der Waals surface area contributed by atoms with Crippen LogP contribution in [-0.2, 0) is 4.74 Å². The van der Waals surface area contributed by atoms with Gasteiger partial charge in [0.2, 0.25) is 0 Å². The highest BCUT2D eigenvalue weighted by atomic mass is 16.5. The van der Waals surface area contributed by atoms with Crippen LogP contribution >= 0.6 is 0 Å². The lowest BCUT2D eigenvalue weighted by molar-refractivity contribution is 0.0600. The van der Waals surface area contributed by atoms with Gasteiger partial charge in [0.25, 0.3) is 5.91 Å². The monoisotopic (exact) mass is 311 g/mol. The summed E-state index contributed by atoms with van der Waals surface area (Å²) in [6, 6.07) is 6.50. The van der Waals surface area contributed by atoms with Crippen LogP contribution in [0.25, 0.3) is 0 Å². The molecule has 1 aromatic carbocycles. The zero-order valence-corrected chi connectivity index (χ0v) is 13.0. The molecule has 0 saturated heterocycles. The summed E-state index contributed by atoms with van der Waals surface area (Å²) in [7, 11) is 1.33. The number of rotatable bonds is 4. The predicted octanol–water partition coefficient (Wildman–Crippen LogP) is 2.70. The molecule has 6 heteroatoms. The Morgan fingerprint density at radius 3 is 2.48 bits per heavy atom. The molecule has 23 heavy (non-hydrogen) atoms. The SMILES string of the molecule is COC(=O)c1ccc(NC(=O)c2cnc(C3CC3)nc2C)cc1. The number of nitrogens with one attached hydrogen (secondary N) is 1. The summed E-state index contributed by atoms with van der Waals surface area (Å²) < 4.78 is 4.64. The van der Waals surface area contributed by atoms with Crippen molar-refractivity contribution in [2.24, 2.45) is 0 Å². The fourth-order valence-electron chi connectivity index (χ4n) is 2.25. The van der Waals surface area contributed by atoms with Crippen molar-refractivity contribution in [2.45, 2.75) is 25.7 Å². The summed E-state index contributed by atoms with van der Waals surface area (Å²) in [6.07, 6.45) is 3.82. The molecule has 6 nitrogen and oxygen atoms in total. The number of hydrogen-bond acceptors (Lipinski definition) is 5. The first-order valence-electron chi connectivity index (χ1n) is 7.41. The molecule has 1 aromatic heterocycles. The lowest BCUT2D eigenvalue weighted by atomic mass is 10.2. The molecule has 1 aliphatic rings. The molecule has 0 unspecified atom stereocenters. The van der Waals surface area contributed by atoms with Crippen molar-refractivity contribution in [1.29, 1.82) is 0 Å². The number of anilines is 1. The van der Waals surface area contributed by atoms with Gasteiger partial charge in [-0.15, -0.1) is 0 Å². The van der Waals surface area contributed by atoms with Crippen LogP contribution in [0.3, 0.4) is 0 Å². The van der Waals surface area contributed by atoms with Crippen LogP contribution in [-0.4, -0.2) is 29.0 Å². The van der Waals surface area contributed by atoms with E-state index in [1.165, 1.54) is 7.11 Å². The van der Waals surface area contributed by atoms with Gasteiger partial charge in [0.15, 0.2) is 0 Å². The molecule has 118 valence electrons. The summed E-state index contributed by atoms with van der Waals surface area (Å²) in [5, 5.41) is 2.78. The van der Waals surface area contributed by atoms with E-state index in [0.717, 1.165) is 18.7 Å². The highest BCUT2D eigenvalue weighted by molar-refractivity contribution is 6.05. The van der Waals surface area contributed by atoms with Crippen LogP contribution in [0.15, 0.2) is 30.5 Å². The molecule has 1 amide bonds. The Morgan fingerprint density at radius 2 is 1.91 bits per heavy atom. The van der Waals surface area contributed by atoms with Gasteiger partial charge in [-0.05, 0) is 44.0 Å². The van der Waals surface area contributed by atoms with E-state index in [1.807, 2.05) is 6.92 Å². The van der Waals surface area contributed by atoms with E-state index >= 15 is 0 Å². The number of carbonyl (C=O) groups excluding carboxylic acids is 2. The average Bonchev–Trinajstić information content (AvgIpc) is 3.39. The van der Waals surface area contributed by atoms with Crippen LogP contribution in [0.2, 0.25) is 0 Å². The van der Waals surface area contributed by atoms with E-state index in [4.69, 9.17) is 0 Å². The first-order chi connectivity index (χ1) is 11.1. The van der Waals surface area contributed by atoms with E-state index in [-0.39, 0.29) is 5.91 Å². The topological polar surface area (TPSA) is 81.2 Å². The zero-order chi connectivity index (χ0) is 16.4. The molecule has 3 rings (SSSR count). The molecular formula is C17H17N3O3. The number of nitrogens with zero attached hydrogens (tertiary/aromatic N) is 2. The number of aryl methyl sites for hydroxylation is 1. The second kappa shape index (κ2) is 6.16. The molecule has 0 radical (unpaired) electrons. The van der Waals surface area contributed by atoms with E-state index in [1.54, 1.807) is 30.5 Å². The molecule has 0 aliphatic heterocycles. The Labute approximate surface area is 133 Å². The third-order valence-corrected chi connectivity index (χ3v) is 3.75. The van der Waals surface area contributed by atoms with Crippen molar-refractivity contribution >= 4 is 17.6 Å². The molecule has 1 N–H and O–H groups in total. The molecule has 1 heterocycles. The highest BCUT2D eigenvalue weighted by Crippen LogP contribution is 2.37. The molecule has 2 aromatic rings. The predicted molar refractivity (Wildman–Crippen MR) is 84.5 cm³/mol. The van der Waals surface area contributed by atoms with Crippen molar-refractivity contribution in [3.8, 4) is 0 Å². The van der Waals surface area contributed by atoms with Crippen LogP contribution in [0.1, 0.15) is 51.0 Å². The van der Waals surface area contributed by atoms with Gasteiger partial charge in [-0.1, -0.05) is 0 Å². The Bertz CT molecular complexity index is 752. The quantitative estimate of drug-likeness (QED) is 0.878. The molecule has 0 bridgehead atoms. The number of benzene rings is 1. The van der Waals surface area contributed by atoms with E-state index in [2.05, 4.69) is 20.0 Å². The summed E-state index contributed by atoms with van der Waals surface area (Å²) in [4.78, 5) is 32.4. The largest absolute Gasteiger partial charge is 0.465 e. The zero-order valence-electron chi connectivity index (χ0n) is 13.0. The van der Waals surface area contributed by atoms with Gasteiger partial charge in [-0.3, -0.25) is 4.79 Å². The van der Waals surface area contributed by atoms with Crippen LogP contribution in [0.4, 0.5) is 5.69 Å². The van der Waals surface area contributed by atoms with Crippen molar-refractivity contribution in [3.05, 3.63) is 53.1 Å². The van der Waals surface area contributed by atoms with E-state index in [9.17, 15) is 9.59 Å². The van der Waals surface area contributed by atoms with Crippen molar-refractivity contribution < 1.29 is 14.3 Å². The summed E-state index contributed by atoms with van der Waals surface area (Å²) >= 11 is 0. The van der Waals surface area contributed by atoms with Gasteiger partial charge in [-0.25, -0.2) is 14.8 Å². The van der Waals surface area contributed by atoms with Crippen molar-refractivity contribution in [1.82, 2.24) is 9.97 Å². The van der Waals surface area contributed by atoms with Gasteiger partial charge >= 0.3 is 5.97 Å². The minimum atomic E-state index is -0.414. The number of methoxy groups -OCH3 is 1. The molecule has 1 fully saturated rings. The number of aromatic nitrogens is 2. The van der Waals surface area contributed by atoms with Gasteiger partial charge in [0.05, 0.1) is 23.9 Å². The second-order valence-corrected chi connectivity index (χ2v) is 5.52. The van der Waals surface area contributed by atoms with E-state index in [0.29, 0.717) is 28.4 Å². The Kier molecular flexibility index (Phi) is 4.06. The maximum Gasteiger partial charge on any atom is 0.337 e. The van der Waals surface area contributed by atoms with Crippen molar-refractivity contribution in [3.63, 3.8) is 0 Å². The number of hydrogen-bond donors (Lipinski definition) is 1. The normalized spacial score (nSPS) is 13.5. The van der Waals surface area contributed by atoms with Crippen LogP contribution in [0.5, 0.6) is 0 Å². The average molecular weight is 311 g/mol. The minimum absolute atomic E-state index is 0.268. The number of carbonyl (C=O) groups is 2. The molecule has 1 saturated carbocycles. The van der Waals surface area contributed by atoms with Gasteiger partial charge in [-0.2, -0.15) is 0 Å². The smallest absolute Gasteiger partial charge is 0.337 e. The molecule has 1 aliphatic carbocycles. The van der Waals surface area contributed by atoms with Crippen LogP contribution < -0.4 is 5.32 Å². The third kappa shape index (κ3) is 3.36. The fourth-order valence-corrected chi connectivity index (χ4v) is 2.25. The highest BCUT2D eigenvalue weighted by Gasteiger charge is 2.27. The minimum Gasteiger partial charge on any atom is -0.465 e. The Balaban J connectivity index is 1.72. The first kappa shape index (κ1) is 15.1. The van der Waals surface area contributed by atoms with Gasteiger partial charge in [0.1, 0.15) is 5.82 Å². The fraction of sp³-hybridized carbons (Fsp3) is 0.294. The second-order valence-electron chi connectivity index (χ2n) is 5.52. The Hall–Kier alpha value is -2.76. The number of amides is 1. The molecular weight excluding hydrogens is 294 g/mol. The lowest BCUT2D eigenvalue weighted by Gasteiger charge is -2.08. The Morgan fingerprint density at radius 1 is 1.22 bits per heavy atom. The summed E-state index contributed by atoms with van der Waals surface area (Å²) in [6.45, 7) is 1.81. The van der Waals surface area contributed by atoms with Crippen LogP contribution in [0, 0.1) is 6.92 Å². The van der Waals surface area contributed by atoms with Crippen molar-refractivity contribution in [2.75, 3.05) is 12.4 Å². The van der Waals surface area contributed by atoms with Gasteiger partial charge < -0.3 is 10.1 Å². The standard InChI is InChI=1S/C17H17N3O3/c1-10-14(9-18-15(19-10)11-3-4-11)16(21)20-13-7-5-12(6-8-13)17(22)23-2/h5-9,11H,3-4H2,1-2H3,(H,20,21). The maximum absolute atomic E-state index is 12.3. The number of ether oxygens (including phenoxy) is 1. The summed E-state index contributed by atoms with van der Waals surface area (Å²) in [5.41, 5.74) is 2.14. The molecule has 0 atom stereocenters. The first-order valence-corrected chi connectivity index (χ1v) is 7.41. The lowest BCUT2D eigenvalue weighted by Crippen LogP contribution is -2.15. The third-order valence-electron chi connectivity index (χ3n) is 3.75. The number of esters is 1. The van der Waals surface area contributed by atoms with Gasteiger partial charge in [0, 0.05) is 17.8 Å². The van der Waals surface area contributed by atoms with E-state index < -0.39 is 5.97 Å².